The quantitative estimate of drug-likeness (QED) is 0.171. The highest BCUT2D eigenvalue weighted by Gasteiger charge is 2.45. The van der Waals surface area contributed by atoms with E-state index in [9.17, 15) is 0 Å². The molecule has 2 aromatic heterocycles. The van der Waals surface area contributed by atoms with Gasteiger partial charge in [0.2, 0.25) is 0 Å². The molecular weight excluding hydrogens is 669 g/mol. The summed E-state index contributed by atoms with van der Waals surface area (Å²) in [6.45, 7) is 4.36. The average Bonchev–Trinajstić information content (AvgIpc) is 3.77. The molecule has 0 saturated heterocycles. The van der Waals surface area contributed by atoms with Crippen LogP contribution in [0.5, 0.6) is 0 Å². The molecule has 0 bridgehead atoms. The summed E-state index contributed by atoms with van der Waals surface area (Å²) in [4.78, 5) is 5.03. The van der Waals surface area contributed by atoms with Crippen LogP contribution in [-0.2, 0) is 0 Å². The number of benzene rings is 8. The minimum atomic E-state index is -0.0778. The van der Waals surface area contributed by atoms with E-state index in [1.165, 1.54) is 72.0 Å². The summed E-state index contributed by atoms with van der Waals surface area (Å²) in [6, 6.07) is 62.1. The maximum Gasteiger partial charge on any atom is 0.333 e. The maximum atomic E-state index is 6.64. The molecule has 0 unspecified atom stereocenters. The lowest BCUT2D eigenvalue weighted by Gasteiger charge is -2.43. The second-order valence-corrected chi connectivity index (χ2v) is 15.0. The van der Waals surface area contributed by atoms with E-state index >= 15 is 0 Å². The van der Waals surface area contributed by atoms with Gasteiger partial charge in [-0.05, 0) is 103 Å². The highest BCUT2D eigenvalue weighted by atomic mass is 16.3. The third-order valence-electron chi connectivity index (χ3n) is 11.9. The first-order valence-corrected chi connectivity index (χ1v) is 19.1. The number of aryl methyl sites for hydroxylation is 2. The zero-order valence-corrected chi connectivity index (χ0v) is 30.5. The smallest absolute Gasteiger partial charge is 0.333 e. The summed E-state index contributed by atoms with van der Waals surface area (Å²) in [5.41, 5.74) is 18.7. The molecule has 0 N–H and O–H groups in total. The summed E-state index contributed by atoms with van der Waals surface area (Å²) in [7, 11) is 0. The number of nitrogens with zero attached hydrogens (tertiary/aromatic N) is 3. The molecule has 8 aromatic carbocycles. The lowest BCUT2D eigenvalue weighted by Crippen LogP contribution is -2.60. The molecule has 0 atom stereocenters. The normalized spacial score (nSPS) is 12.8. The van der Waals surface area contributed by atoms with Crippen LogP contribution in [0.15, 0.2) is 174 Å². The number of furan rings is 1. The van der Waals surface area contributed by atoms with Crippen molar-refractivity contribution in [3.05, 3.63) is 181 Å². The highest BCUT2D eigenvalue weighted by molar-refractivity contribution is 6.93. The monoisotopic (exact) mass is 703 g/mol. The fraction of sp³-hybridized carbons (Fsp3) is 0.0400. The van der Waals surface area contributed by atoms with Crippen LogP contribution in [0.2, 0.25) is 0 Å². The van der Waals surface area contributed by atoms with E-state index in [-0.39, 0.29) is 6.85 Å². The molecule has 258 valence electrons. The van der Waals surface area contributed by atoms with Gasteiger partial charge in [-0.25, -0.2) is 0 Å². The Morgan fingerprint density at radius 2 is 1.22 bits per heavy atom. The topological polar surface area (TPSA) is 24.6 Å². The van der Waals surface area contributed by atoms with Gasteiger partial charge in [0.05, 0.1) is 11.0 Å². The number of para-hydroxylation sites is 5. The fourth-order valence-corrected chi connectivity index (χ4v) is 9.74. The molecule has 2 aliphatic heterocycles. The summed E-state index contributed by atoms with van der Waals surface area (Å²) in [5, 5.41) is 4.81. The Kier molecular flexibility index (Phi) is 6.24. The van der Waals surface area contributed by atoms with E-state index in [2.05, 4.69) is 198 Å². The van der Waals surface area contributed by atoms with Crippen LogP contribution < -0.4 is 20.6 Å². The van der Waals surface area contributed by atoms with E-state index < -0.39 is 0 Å². The molecule has 0 saturated carbocycles. The van der Waals surface area contributed by atoms with Crippen molar-refractivity contribution >= 4 is 90.0 Å². The van der Waals surface area contributed by atoms with E-state index in [0.717, 1.165) is 39.0 Å². The van der Waals surface area contributed by atoms with Crippen molar-refractivity contribution in [2.24, 2.45) is 0 Å². The van der Waals surface area contributed by atoms with Crippen LogP contribution in [0.3, 0.4) is 0 Å². The van der Waals surface area contributed by atoms with Gasteiger partial charge in [0.1, 0.15) is 11.2 Å². The minimum absolute atomic E-state index is 0.0778. The molecule has 5 heteroatoms. The van der Waals surface area contributed by atoms with E-state index in [4.69, 9.17) is 4.42 Å². The summed E-state index contributed by atoms with van der Waals surface area (Å²) in [6.07, 6.45) is 0. The van der Waals surface area contributed by atoms with E-state index in [1.807, 2.05) is 0 Å². The van der Waals surface area contributed by atoms with Gasteiger partial charge in [-0.1, -0.05) is 109 Å². The molecule has 4 heterocycles. The lowest BCUT2D eigenvalue weighted by atomic mass is 9.43. The number of fused-ring (bicyclic) bond motifs is 11. The lowest BCUT2D eigenvalue weighted by molar-refractivity contribution is 0.669. The molecule has 2 aliphatic rings. The van der Waals surface area contributed by atoms with Crippen molar-refractivity contribution in [3.63, 3.8) is 0 Å². The second-order valence-electron chi connectivity index (χ2n) is 15.0. The fourth-order valence-electron chi connectivity index (χ4n) is 9.74. The Balaban J connectivity index is 1.30. The molecule has 0 amide bonds. The summed E-state index contributed by atoms with van der Waals surface area (Å²) < 4.78 is 9.19. The Morgan fingerprint density at radius 1 is 0.527 bits per heavy atom. The molecule has 12 rings (SSSR count). The zero-order chi connectivity index (χ0) is 36.4. The molecule has 0 aliphatic carbocycles. The van der Waals surface area contributed by atoms with Crippen molar-refractivity contribution in [3.8, 4) is 16.8 Å². The molecule has 10 aromatic rings. The number of hydrogen-bond acceptors (Lipinski definition) is 3. The second kappa shape index (κ2) is 11.3. The SMILES string of the molecule is Cc1ccc(N2B3c4c(cc(N(c5ccccc5)c5ccccc5)cc4-n4c5ccccc5c5cccc3c54)-c3c2ccc2oc4ccccc4c32)c(C)c1. The molecule has 0 fully saturated rings. The van der Waals surface area contributed by atoms with Crippen molar-refractivity contribution in [1.29, 1.82) is 0 Å². The predicted molar refractivity (Wildman–Crippen MR) is 231 cm³/mol. The van der Waals surface area contributed by atoms with Gasteiger partial charge in [0.25, 0.3) is 0 Å². The maximum absolute atomic E-state index is 6.64. The average molecular weight is 704 g/mol. The van der Waals surface area contributed by atoms with Crippen molar-refractivity contribution in [2.45, 2.75) is 13.8 Å². The first-order valence-electron chi connectivity index (χ1n) is 19.1. The number of hydrogen-bond donors (Lipinski definition) is 0. The van der Waals surface area contributed by atoms with Crippen LogP contribution in [0.1, 0.15) is 11.1 Å². The van der Waals surface area contributed by atoms with Crippen LogP contribution >= 0.6 is 0 Å². The first-order chi connectivity index (χ1) is 27.1. The molecule has 0 spiro atoms. The highest BCUT2D eigenvalue weighted by Crippen LogP contribution is 2.51. The Morgan fingerprint density at radius 3 is 2.00 bits per heavy atom. The number of rotatable bonds is 4. The molecular formula is C50H34BN3O. The zero-order valence-electron chi connectivity index (χ0n) is 30.5. The Bertz CT molecular complexity index is 3160. The third kappa shape index (κ3) is 4.18. The van der Waals surface area contributed by atoms with Crippen LogP contribution in [0.25, 0.3) is 60.6 Å². The summed E-state index contributed by atoms with van der Waals surface area (Å²) >= 11 is 0. The number of aromatic nitrogens is 1. The van der Waals surface area contributed by atoms with Crippen LogP contribution in [0, 0.1) is 13.8 Å². The van der Waals surface area contributed by atoms with Crippen molar-refractivity contribution in [2.75, 3.05) is 9.71 Å². The summed E-state index contributed by atoms with van der Waals surface area (Å²) in [5.74, 6) is 0. The minimum Gasteiger partial charge on any atom is -0.456 e. The Labute approximate surface area is 319 Å². The van der Waals surface area contributed by atoms with Gasteiger partial charge in [-0.2, -0.15) is 0 Å². The number of anilines is 5. The van der Waals surface area contributed by atoms with Gasteiger partial charge < -0.3 is 18.7 Å². The van der Waals surface area contributed by atoms with Crippen molar-refractivity contribution in [1.82, 2.24) is 4.57 Å². The van der Waals surface area contributed by atoms with Gasteiger partial charge in [0.15, 0.2) is 0 Å². The van der Waals surface area contributed by atoms with Crippen LogP contribution in [-0.4, -0.2) is 11.4 Å². The van der Waals surface area contributed by atoms with E-state index in [0.29, 0.717) is 0 Å². The standard InChI is InChI=1S/C50H34BN3O/c1-31-24-25-41(32(2)28-31)54-43-26-27-46-48(38-19-10-12-23-45(38)55-46)47(43)39-29-35(52(33-14-5-3-6-15-33)34-16-7-4-8-17-34)30-44-49(39)51(54)40-21-13-20-37-36-18-9-11-22-42(36)53(44)50(37)40/h3-30H,1-2H3. The van der Waals surface area contributed by atoms with Gasteiger partial charge >= 0.3 is 6.85 Å². The third-order valence-corrected chi connectivity index (χ3v) is 11.9. The molecule has 55 heavy (non-hydrogen) atoms. The van der Waals surface area contributed by atoms with Crippen molar-refractivity contribution < 1.29 is 4.42 Å². The van der Waals surface area contributed by atoms with Gasteiger partial charge in [0, 0.05) is 61.2 Å². The van der Waals surface area contributed by atoms with Crippen LogP contribution in [0.4, 0.5) is 28.4 Å². The predicted octanol–water partition coefficient (Wildman–Crippen LogP) is 12.0. The first kappa shape index (κ1) is 30.5. The van der Waals surface area contributed by atoms with Gasteiger partial charge in [-0.15, -0.1) is 0 Å². The largest absolute Gasteiger partial charge is 0.456 e. The Hall–Kier alpha value is -6.98. The van der Waals surface area contributed by atoms with Gasteiger partial charge in [-0.3, -0.25) is 0 Å². The van der Waals surface area contributed by atoms with E-state index in [1.54, 1.807) is 0 Å². The molecule has 0 radical (unpaired) electrons. The molecule has 4 nitrogen and oxygen atoms in total.